The first-order chi connectivity index (χ1) is 9.27. The number of hydrogen-bond acceptors (Lipinski definition) is 1. The molecule has 0 aliphatic heterocycles. The van der Waals surface area contributed by atoms with Gasteiger partial charge in [0.2, 0.25) is 0 Å². The number of rotatable bonds is 3. The molecule has 19 heavy (non-hydrogen) atoms. The first kappa shape index (κ1) is 15.5. The number of Topliss-reactive ketones (excluding diaryl/α,β-unsaturated/α-hetero) is 1. The molecule has 1 heteroatoms. The van der Waals surface area contributed by atoms with Gasteiger partial charge in [-0.05, 0) is 17.9 Å². The second kappa shape index (κ2) is 7.76. The number of hydrogen-bond donors (Lipinski definition) is 0. The van der Waals surface area contributed by atoms with Gasteiger partial charge in [-0.25, -0.2) is 0 Å². The normalized spacial score (nSPS) is 17.1. The quantitative estimate of drug-likeness (QED) is 0.673. The fraction of sp³-hybridized carbons (Fsp3) is 0.444. The van der Waals surface area contributed by atoms with Gasteiger partial charge in [0.05, 0.1) is 0 Å². The Kier molecular flexibility index (Phi) is 6.32. The van der Waals surface area contributed by atoms with Crippen molar-refractivity contribution in [1.29, 1.82) is 0 Å². The first-order valence-electron chi connectivity index (χ1n) is 7.30. The van der Waals surface area contributed by atoms with Gasteiger partial charge in [0, 0.05) is 17.6 Å². The SMILES string of the molecule is C=C=C1c2ccccc2C(=O)CC1CCCC.CC. The van der Waals surface area contributed by atoms with E-state index in [9.17, 15) is 4.79 Å². The predicted molar refractivity (Wildman–Crippen MR) is 82.3 cm³/mol. The molecule has 0 aromatic heterocycles. The molecule has 1 aliphatic carbocycles. The Morgan fingerprint density at radius 3 is 2.47 bits per heavy atom. The third kappa shape index (κ3) is 3.45. The van der Waals surface area contributed by atoms with E-state index in [1.807, 2.05) is 38.1 Å². The monoisotopic (exact) mass is 256 g/mol. The van der Waals surface area contributed by atoms with Crippen molar-refractivity contribution in [2.45, 2.75) is 46.5 Å². The van der Waals surface area contributed by atoms with Crippen LogP contribution in [0.2, 0.25) is 0 Å². The van der Waals surface area contributed by atoms with Gasteiger partial charge in [-0.15, -0.1) is 5.73 Å². The number of carbonyl (C=O) groups is 1. The molecule has 0 heterocycles. The highest BCUT2D eigenvalue weighted by atomic mass is 16.1. The van der Waals surface area contributed by atoms with Crippen molar-refractivity contribution in [2.24, 2.45) is 5.92 Å². The molecule has 0 spiro atoms. The van der Waals surface area contributed by atoms with Crippen LogP contribution in [-0.2, 0) is 0 Å². The molecule has 0 saturated carbocycles. The van der Waals surface area contributed by atoms with Crippen molar-refractivity contribution in [1.82, 2.24) is 0 Å². The number of carbonyl (C=O) groups excluding carboxylic acids is 1. The molecule has 2 rings (SSSR count). The van der Waals surface area contributed by atoms with Crippen molar-refractivity contribution in [2.75, 3.05) is 0 Å². The van der Waals surface area contributed by atoms with Gasteiger partial charge in [0.15, 0.2) is 5.78 Å². The highest BCUT2D eigenvalue weighted by Crippen LogP contribution is 2.37. The maximum atomic E-state index is 12.1. The number of fused-ring (bicyclic) bond motifs is 1. The number of benzene rings is 1. The van der Waals surface area contributed by atoms with Crippen LogP contribution in [-0.4, -0.2) is 5.78 Å². The van der Waals surface area contributed by atoms with E-state index in [-0.39, 0.29) is 5.78 Å². The van der Waals surface area contributed by atoms with E-state index in [1.54, 1.807) is 0 Å². The van der Waals surface area contributed by atoms with Crippen LogP contribution in [0.4, 0.5) is 0 Å². The topological polar surface area (TPSA) is 17.1 Å². The average molecular weight is 256 g/mol. The van der Waals surface area contributed by atoms with Crippen LogP contribution in [0, 0.1) is 5.92 Å². The molecule has 0 fully saturated rings. The minimum Gasteiger partial charge on any atom is -0.294 e. The van der Waals surface area contributed by atoms with Crippen molar-refractivity contribution in [3.05, 3.63) is 47.7 Å². The average Bonchev–Trinajstić information content (AvgIpc) is 2.47. The molecule has 0 N–H and O–H groups in total. The van der Waals surface area contributed by atoms with Gasteiger partial charge < -0.3 is 0 Å². The molecule has 1 aromatic rings. The van der Waals surface area contributed by atoms with Gasteiger partial charge in [-0.1, -0.05) is 64.5 Å². The van der Waals surface area contributed by atoms with Crippen LogP contribution in [0.25, 0.3) is 5.57 Å². The van der Waals surface area contributed by atoms with E-state index < -0.39 is 0 Å². The van der Waals surface area contributed by atoms with Crippen molar-refractivity contribution >= 4 is 11.4 Å². The van der Waals surface area contributed by atoms with Crippen molar-refractivity contribution < 1.29 is 4.79 Å². The molecule has 1 unspecified atom stereocenters. The zero-order chi connectivity index (χ0) is 14.3. The van der Waals surface area contributed by atoms with Crippen LogP contribution in [0.15, 0.2) is 36.6 Å². The summed E-state index contributed by atoms with van der Waals surface area (Å²) in [6, 6.07) is 7.82. The Morgan fingerprint density at radius 2 is 1.89 bits per heavy atom. The molecule has 0 bridgehead atoms. The molecule has 102 valence electrons. The highest BCUT2D eigenvalue weighted by Gasteiger charge is 2.28. The number of unbranched alkanes of at least 4 members (excludes halogenated alkanes) is 1. The Morgan fingerprint density at radius 1 is 1.26 bits per heavy atom. The third-order valence-electron chi connectivity index (χ3n) is 3.45. The summed E-state index contributed by atoms with van der Waals surface area (Å²) in [5.74, 6) is 0.579. The van der Waals surface area contributed by atoms with Crippen LogP contribution >= 0.6 is 0 Å². The summed E-state index contributed by atoms with van der Waals surface area (Å²) in [6.07, 6.45) is 4.01. The molecular formula is C18H24O. The lowest BCUT2D eigenvalue weighted by Crippen LogP contribution is -2.18. The molecular weight excluding hydrogens is 232 g/mol. The standard InChI is InChI=1S/C16H18O.C2H6/c1-3-5-8-12-11-16(17)15-10-7-6-9-14(15)13(12)4-2;1-2/h6-7,9-10,12H,2-3,5,8,11H2,1H3;1-2H3. The summed E-state index contributed by atoms with van der Waals surface area (Å²) in [6.45, 7) is 9.97. The van der Waals surface area contributed by atoms with E-state index in [0.29, 0.717) is 12.3 Å². The van der Waals surface area contributed by atoms with Crippen molar-refractivity contribution in [3.63, 3.8) is 0 Å². The summed E-state index contributed by atoms with van der Waals surface area (Å²) < 4.78 is 0. The van der Waals surface area contributed by atoms with Crippen LogP contribution in [0.5, 0.6) is 0 Å². The van der Waals surface area contributed by atoms with Gasteiger partial charge in [0.1, 0.15) is 0 Å². The Labute approximate surface area is 117 Å². The fourth-order valence-electron chi connectivity index (χ4n) is 2.55. The van der Waals surface area contributed by atoms with E-state index in [1.165, 1.54) is 0 Å². The second-order valence-corrected chi connectivity index (χ2v) is 4.60. The summed E-state index contributed by atoms with van der Waals surface area (Å²) in [4.78, 5) is 12.1. The molecule has 1 atom stereocenters. The van der Waals surface area contributed by atoms with Crippen LogP contribution in [0.1, 0.15) is 62.4 Å². The fourth-order valence-corrected chi connectivity index (χ4v) is 2.55. The molecule has 1 aromatic carbocycles. The number of ketones is 1. The first-order valence-corrected chi connectivity index (χ1v) is 7.30. The zero-order valence-electron chi connectivity index (χ0n) is 12.3. The third-order valence-corrected chi connectivity index (χ3v) is 3.45. The minimum atomic E-state index is 0.265. The van der Waals surface area contributed by atoms with E-state index in [0.717, 1.165) is 36.0 Å². The lowest BCUT2D eigenvalue weighted by Gasteiger charge is -2.25. The van der Waals surface area contributed by atoms with Gasteiger partial charge >= 0.3 is 0 Å². The molecule has 1 aliphatic rings. The summed E-state index contributed by atoms with van der Waals surface area (Å²) >= 11 is 0. The smallest absolute Gasteiger partial charge is 0.164 e. The van der Waals surface area contributed by atoms with Gasteiger partial charge in [-0.3, -0.25) is 4.79 Å². The number of allylic oxidation sites excluding steroid dienone is 1. The maximum absolute atomic E-state index is 12.1. The van der Waals surface area contributed by atoms with E-state index in [4.69, 9.17) is 0 Å². The Hall–Kier alpha value is -1.59. The Balaban J connectivity index is 0.000000861. The Bertz CT molecular complexity index is 478. The lowest BCUT2D eigenvalue weighted by molar-refractivity contribution is 0.0963. The zero-order valence-corrected chi connectivity index (χ0v) is 12.3. The molecule has 1 nitrogen and oxygen atoms in total. The van der Waals surface area contributed by atoms with Gasteiger partial charge in [0.25, 0.3) is 0 Å². The second-order valence-electron chi connectivity index (χ2n) is 4.60. The largest absolute Gasteiger partial charge is 0.294 e. The predicted octanol–water partition coefficient (Wildman–Crippen LogP) is 5.27. The van der Waals surface area contributed by atoms with E-state index in [2.05, 4.69) is 19.2 Å². The van der Waals surface area contributed by atoms with E-state index >= 15 is 0 Å². The summed E-state index contributed by atoms with van der Waals surface area (Å²) in [7, 11) is 0. The van der Waals surface area contributed by atoms with Crippen LogP contribution < -0.4 is 0 Å². The minimum absolute atomic E-state index is 0.265. The highest BCUT2D eigenvalue weighted by molar-refractivity contribution is 6.04. The van der Waals surface area contributed by atoms with Crippen LogP contribution in [0.3, 0.4) is 0 Å². The molecule has 0 radical (unpaired) electrons. The lowest BCUT2D eigenvalue weighted by atomic mass is 9.77. The van der Waals surface area contributed by atoms with Gasteiger partial charge in [-0.2, -0.15) is 0 Å². The maximum Gasteiger partial charge on any atom is 0.164 e. The van der Waals surface area contributed by atoms with Crippen molar-refractivity contribution in [3.8, 4) is 0 Å². The molecule has 0 amide bonds. The summed E-state index contributed by atoms with van der Waals surface area (Å²) in [5, 5.41) is 0. The summed E-state index contributed by atoms with van der Waals surface area (Å²) in [5.41, 5.74) is 6.07. The molecule has 0 saturated heterocycles.